The number of aliphatic hydroxyl groups is 1. The number of benzene rings is 2. The highest BCUT2D eigenvalue weighted by Crippen LogP contribution is 2.66. The van der Waals surface area contributed by atoms with Gasteiger partial charge in [-0.1, -0.05) is 48.9 Å². The molecule has 0 amide bonds. The molecule has 0 saturated heterocycles. The van der Waals surface area contributed by atoms with Crippen LogP contribution in [0.25, 0.3) is 0 Å². The Balaban J connectivity index is 1.49. The van der Waals surface area contributed by atoms with E-state index in [2.05, 4.69) is 12.1 Å². The normalized spacial score (nSPS) is 30.0. The maximum atomic E-state index is 10.8. The molecule has 4 rings (SSSR count). The van der Waals surface area contributed by atoms with E-state index in [0.29, 0.717) is 18.4 Å². The summed E-state index contributed by atoms with van der Waals surface area (Å²) in [6, 6.07) is 18.2. The molecule has 0 spiro atoms. The molecule has 2 heteroatoms. The topological polar surface area (TPSA) is 29.5 Å². The summed E-state index contributed by atoms with van der Waals surface area (Å²) < 4.78 is 5.87. The van der Waals surface area contributed by atoms with Gasteiger partial charge in [0, 0.05) is 0 Å². The van der Waals surface area contributed by atoms with Crippen molar-refractivity contribution in [2.75, 3.05) is 0 Å². The van der Waals surface area contributed by atoms with Crippen LogP contribution in [0, 0.1) is 11.8 Å². The molecule has 2 nitrogen and oxygen atoms in total. The van der Waals surface area contributed by atoms with E-state index >= 15 is 0 Å². The zero-order chi connectivity index (χ0) is 14.3. The minimum Gasteiger partial charge on any atom is -0.489 e. The average molecular weight is 280 g/mol. The molecule has 108 valence electrons. The van der Waals surface area contributed by atoms with Gasteiger partial charge in [0.25, 0.3) is 0 Å². The Bertz CT molecular complexity index is 625. The Morgan fingerprint density at radius 1 is 1.00 bits per heavy atom. The fraction of sp³-hybridized carbons (Fsp3) is 0.368. The summed E-state index contributed by atoms with van der Waals surface area (Å²) in [6.07, 6.45) is 3.59. The zero-order valence-corrected chi connectivity index (χ0v) is 12.0. The monoisotopic (exact) mass is 280 g/mol. The molecule has 2 aromatic rings. The molecule has 2 saturated carbocycles. The van der Waals surface area contributed by atoms with Crippen molar-refractivity contribution < 1.29 is 9.84 Å². The average Bonchev–Trinajstić information content (AvgIpc) is 2.92. The number of rotatable bonds is 4. The van der Waals surface area contributed by atoms with Crippen LogP contribution in [0.4, 0.5) is 0 Å². The summed E-state index contributed by atoms with van der Waals surface area (Å²) >= 11 is 0. The van der Waals surface area contributed by atoms with Crippen molar-refractivity contribution in [3.8, 4) is 5.75 Å². The summed E-state index contributed by atoms with van der Waals surface area (Å²) in [5.74, 6) is 1.79. The minimum absolute atomic E-state index is 0.474. The number of hydrogen-bond donors (Lipinski definition) is 1. The van der Waals surface area contributed by atoms with Gasteiger partial charge < -0.3 is 9.84 Å². The molecule has 2 unspecified atom stereocenters. The van der Waals surface area contributed by atoms with Crippen molar-refractivity contribution in [2.24, 2.45) is 11.8 Å². The molecule has 0 heterocycles. The molecule has 0 bridgehead atoms. The second-order valence-electron chi connectivity index (χ2n) is 6.27. The first kappa shape index (κ1) is 12.9. The van der Waals surface area contributed by atoms with Crippen LogP contribution in [0.2, 0.25) is 0 Å². The van der Waals surface area contributed by atoms with Crippen LogP contribution in [0.15, 0.2) is 54.6 Å². The van der Waals surface area contributed by atoms with E-state index in [4.69, 9.17) is 4.74 Å². The number of fused-ring (bicyclic) bond motifs is 1. The van der Waals surface area contributed by atoms with Crippen LogP contribution in [-0.2, 0) is 12.2 Å². The molecule has 1 N–H and O–H groups in total. The predicted octanol–water partition coefficient (Wildman–Crippen LogP) is 3.88. The first-order chi connectivity index (χ1) is 10.3. The van der Waals surface area contributed by atoms with Crippen molar-refractivity contribution in [1.82, 2.24) is 0 Å². The lowest BCUT2D eigenvalue weighted by Gasteiger charge is -2.16. The van der Waals surface area contributed by atoms with Gasteiger partial charge in [0.2, 0.25) is 0 Å². The molecule has 2 fully saturated rings. The fourth-order valence-corrected chi connectivity index (χ4v) is 3.93. The van der Waals surface area contributed by atoms with Crippen LogP contribution in [0.1, 0.15) is 30.4 Å². The van der Waals surface area contributed by atoms with E-state index in [0.717, 1.165) is 29.7 Å². The lowest BCUT2D eigenvalue weighted by Crippen LogP contribution is -2.13. The Kier molecular flexibility index (Phi) is 3.00. The largest absolute Gasteiger partial charge is 0.489 e. The van der Waals surface area contributed by atoms with Crippen LogP contribution in [-0.4, -0.2) is 5.11 Å². The van der Waals surface area contributed by atoms with Crippen molar-refractivity contribution in [1.29, 1.82) is 0 Å². The highest BCUT2D eigenvalue weighted by atomic mass is 16.5. The smallest absolute Gasteiger partial charge is 0.120 e. The van der Waals surface area contributed by atoms with Gasteiger partial charge in [-0.25, -0.2) is 0 Å². The molecular weight excluding hydrogens is 260 g/mol. The van der Waals surface area contributed by atoms with Gasteiger partial charge >= 0.3 is 0 Å². The first-order valence-corrected chi connectivity index (χ1v) is 7.78. The standard InChI is InChI=1S/C19H20O2/c20-19(17-10-5-11-18(17)19)15-8-4-9-16(12-15)21-13-14-6-2-1-3-7-14/h1-4,6-9,12,17-18,20H,5,10-11,13H2. The lowest BCUT2D eigenvalue weighted by molar-refractivity contribution is 0.105. The maximum Gasteiger partial charge on any atom is 0.120 e. The first-order valence-electron chi connectivity index (χ1n) is 7.78. The van der Waals surface area contributed by atoms with Crippen molar-refractivity contribution >= 4 is 0 Å². The van der Waals surface area contributed by atoms with Crippen LogP contribution in [0.5, 0.6) is 5.75 Å². The van der Waals surface area contributed by atoms with E-state index in [1.807, 2.05) is 42.5 Å². The van der Waals surface area contributed by atoms with E-state index < -0.39 is 5.60 Å². The maximum absolute atomic E-state index is 10.8. The van der Waals surface area contributed by atoms with Gasteiger partial charge in [-0.3, -0.25) is 0 Å². The second kappa shape index (κ2) is 4.88. The van der Waals surface area contributed by atoms with Gasteiger partial charge in [0.15, 0.2) is 0 Å². The highest BCUT2D eigenvalue weighted by molar-refractivity contribution is 5.39. The molecule has 2 aliphatic carbocycles. The molecule has 2 aromatic carbocycles. The number of hydrogen-bond acceptors (Lipinski definition) is 2. The molecule has 2 aliphatic rings. The summed E-state index contributed by atoms with van der Waals surface area (Å²) in [6.45, 7) is 0.565. The predicted molar refractivity (Wildman–Crippen MR) is 81.9 cm³/mol. The zero-order valence-electron chi connectivity index (χ0n) is 12.0. The summed E-state index contributed by atoms with van der Waals surface area (Å²) in [5, 5.41) is 10.8. The fourth-order valence-electron chi connectivity index (χ4n) is 3.93. The molecule has 0 aromatic heterocycles. The van der Waals surface area contributed by atoms with Gasteiger partial charge in [-0.05, 0) is 47.9 Å². The Morgan fingerprint density at radius 2 is 1.76 bits per heavy atom. The molecule has 21 heavy (non-hydrogen) atoms. The van der Waals surface area contributed by atoms with E-state index in [1.54, 1.807) is 0 Å². The van der Waals surface area contributed by atoms with Gasteiger partial charge in [0.05, 0.1) is 5.60 Å². The van der Waals surface area contributed by atoms with E-state index in [-0.39, 0.29) is 0 Å². The molecular formula is C19H20O2. The highest BCUT2D eigenvalue weighted by Gasteiger charge is 2.66. The lowest BCUT2D eigenvalue weighted by atomic mass is 9.99. The van der Waals surface area contributed by atoms with Crippen LogP contribution in [0.3, 0.4) is 0 Å². The number of ether oxygens (including phenoxy) is 1. The van der Waals surface area contributed by atoms with Crippen molar-refractivity contribution in [2.45, 2.75) is 31.5 Å². The van der Waals surface area contributed by atoms with Gasteiger partial charge in [-0.15, -0.1) is 0 Å². The third kappa shape index (κ3) is 2.14. The molecule has 0 aliphatic heterocycles. The Morgan fingerprint density at radius 3 is 2.52 bits per heavy atom. The van der Waals surface area contributed by atoms with E-state index in [1.165, 1.54) is 6.42 Å². The van der Waals surface area contributed by atoms with Gasteiger partial charge in [-0.2, -0.15) is 0 Å². The third-order valence-corrected chi connectivity index (χ3v) is 5.08. The summed E-state index contributed by atoms with van der Waals surface area (Å²) in [7, 11) is 0. The quantitative estimate of drug-likeness (QED) is 0.921. The third-order valence-electron chi connectivity index (χ3n) is 5.08. The van der Waals surface area contributed by atoms with Crippen LogP contribution >= 0.6 is 0 Å². The van der Waals surface area contributed by atoms with E-state index in [9.17, 15) is 5.11 Å². The summed E-state index contributed by atoms with van der Waals surface area (Å²) in [4.78, 5) is 0. The van der Waals surface area contributed by atoms with Crippen molar-refractivity contribution in [3.05, 3.63) is 65.7 Å². The van der Waals surface area contributed by atoms with Gasteiger partial charge in [0.1, 0.15) is 12.4 Å². The second-order valence-corrected chi connectivity index (χ2v) is 6.27. The SMILES string of the molecule is OC1(c2cccc(OCc3ccccc3)c2)C2CCCC21. The summed E-state index contributed by atoms with van der Waals surface area (Å²) in [5.41, 5.74) is 1.61. The molecule has 0 radical (unpaired) electrons. The minimum atomic E-state index is -0.579. The Hall–Kier alpha value is -1.80. The Labute approximate surface area is 125 Å². The molecule has 2 atom stereocenters. The van der Waals surface area contributed by atoms with Crippen molar-refractivity contribution in [3.63, 3.8) is 0 Å². The van der Waals surface area contributed by atoms with Crippen LogP contribution < -0.4 is 4.74 Å².